The van der Waals surface area contributed by atoms with Gasteiger partial charge in [-0.2, -0.15) is 0 Å². The molecule has 0 bridgehead atoms. The number of hydrogen-bond acceptors (Lipinski definition) is 3. The van der Waals surface area contributed by atoms with Crippen molar-refractivity contribution in [2.45, 2.75) is 63.6 Å². The highest BCUT2D eigenvalue weighted by Crippen LogP contribution is 2.35. The molecule has 3 heterocycles. The molecule has 1 saturated carbocycles. The molecule has 6 nitrogen and oxygen atoms in total. The summed E-state index contributed by atoms with van der Waals surface area (Å²) in [4.78, 5) is 29.3. The van der Waals surface area contributed by atoms with Crippen LogP contribution in [0, 0.1) is 0 Å². The van der Waals surface area contributed by atoms with Crippen LogP contribution in [0.5, 0.6) is 0 Å². The van der Waals surface area contributed by atoms with Crippen molar-refractivity contribution >= 4 is 11.8 Å². The van der Waals surface area contributed by atoms with Gasteiger partial charge in [-0.3, -0.25) is 9.59 Å². The lowest BCUT2D eigenvalue weighted by Gasteiger charge is -2.45. The average Bonchev–Trinajstić information content (AvgIpc) is 3.59. The number of aromatic nitrogens is 1. The quantitative estimate of drug-likeness (QED) is 0.591. The van der Waals surface area contributed by atoms with Crippen LogP contribution < -0.4 is 5.32 Å². The van der Waals surface area contributed by atoms with Gasteiger partial charge in [0.15, 0.2) is 0 Å². The van der Waals surface area contributed by atoms with Crippen molar-refractivity contribution in [1.82, 2.24) is 14.8 Å². The largest absolute Gasteiger partial charge is 0.463 e. The fourth-order valence-corrected chi connectivity index (χ4v) is 5.27. The summed E-state index contributed by atoms with van der Waals surface area (Å²) in [5, 5.41) is 3.26. The molecule has 0 saturated heterocycles. The number of carbonyl (C=O) groups excluding carboxylic acids is 2. The molecule has 3 aromatic rings. The zero-order valence-corrected chi connectivity index (χ0v) is 19.3. The minimum Gasteiger partial charge on any atom is -0.463 e. The van der Waals surface area contributed by atoms with E-state index in [0.29, 0.717) is 24.5 Å². The molecule has 0 radical (unpaired) electrons. The minimum atomic E-state index is -1.00. The third-order valence-corrected chi connectivity index (χ3v) is 7.28. The van der Waals surface area contributed by atoms with Crippen molar-refractivity contribution < 1.29 is 14.0 Å². The van der Waals surface area contributed by atoms with Crippen LogP contribution in [0.1, 0.15) is 61.5 Å². The van der Waals surface area contributed by atoms with Crippen LogP contribution in [-0.4, -0.2) is 39.4 Å². The van der Waals surface area contributed by atoms with Crippen LogP contribution in [0.3, 0.4) is 0 Å². The normalized spacial score (nSPS) is 21.8. The Morgan fingerprint density at radius 2 is 1.82 bits per heavy atom. The molecule has 2 unspecified atom stereocenters. The summed E-state index contributed by atoms with van der Waals surface area (Å²) in [6, 6.07) is 17.8. The second-order valence-corrected chi connectivity index (χ2v) is 9.62. The van der Waals surface area contributed by atoms with Gasteiger partial charge in [0, 0.05) is 12.6 Å². The van der Waals surface area contributed by atoms with Crippen LogP contribution in [0.4, 0.5) is 0 Å². The highest BCUT2D eigenvalue weighted by Gasteiger charge is 2.48. The number of hydrogen-bond donors (Lipinski definition) is 1. The lowest BCUT2D eigenvalue weighted by molar-refractivity contribution is -0.133. The van der Waals surface area contributed by atoms with E-state index in [2.05, 4.69) is 24.4 Å². The third kappa shape index (κ3) is 3.88. The topological polar surface area (TPSA) is 67.5 Å². The number of nitrogens with one attached hydrogen (secondary N) is 1. The van der Waals surface area contributed by atoms with Crippen LogP contribution in [-0.2, 0) is 11.3 Å². The predicted octanol–water partition coefficient (Wildman–Crippen LogP) is 4.83. The summed E-state index contributed by atoms with van der Waals surface area (Å²) in [6.07, 6.45) is 5.91. The van der Waals surface area contributed by atoms with Gasteiger partial charge >= 0.3 is 0 Å². The number of rotatable bonds is 6. The van der Waals surface area contributed by atoms with Crippen LogP contribution >= 0.6 is 0 Å². The van der Waals surface area contributed by atoms with Gasteiger partial charge in [-0.25, -0.2) is 0 Å². The van der Waals surface area contributed by atoms with E-state index in [1.807, 2.05) is 54.0 Å². The van der Waals surface area contributed by atoms with E-state index in [4.69, 9.17) is 4.42 Å². The van der Waals surface area contributed by atoms with Gasteiger partial charge in [0.2, 0.25) is 5.91 Å². The SMILES string of the molecule is CC(CN1C(=O)c2ccc(-c3ccco3)n2CC1(C)C(=O)NC1CCCC1)c1ccccc1. The molecule has 1 aliphatic carbocycles. The monoisotopic (exact) mass is 445 g/mol. The zero-order valence-electron chi connectivity index (χ0n) is 19.3. The summed E-state index contributed by atoms with van der Waals surface area (Å²) in [5.74, 6) is 0.595. The first-order chi connectivity index (χ1) is 16.0. The van der Waals surface area contributed by atoms with Gasteiger partial charge in [0.1, 0.15) is 17.0 Å². The summed E-state index contributed by atoms with van der Waals surface area (Å²) < 4.78 is 7.56. The first-order valence-electron chi connectivity index (χ1n) is 11.9. The van der Waals surface area contributed by atoms with E-state index < -0.39 is 5.54 Å². The predicted molar refractivity (Wildman–Crippen MR) is 127 cm³/mol. The van der Waals surface area contributed by atoms with E-state index in [9.17, 15) is 9.59 Å². The van der Waals surface area contributed by atoms with E-state index in [1.165, 1.54) is 0 Å². The molecule has 33 heavy (non-hydrogen) atoms. The Bertz CT molecular complexity index is 1130. The molecule has 172 valence electrons. The maximum Gasteiger partial charge on any atom is 0.271 e. The molecule has 1 N–H and O–H groups in total. The number of fused-ring (bicyclic) bond motifs is 1. The fourth-order valence-electron chi connectivity index (χ4n) is 5.27. The first-order valence-corrected chi connectivity index (χ1v) is 11.9. The van der Waals surface area contributed by atoms with Crippen molar-refractivity contribution in [1.29, 1.82) is 0 Å². The lowest BCUT2D eigenvalue weighted by Crippen LogP contribution is -2.65. The van der Waals surface area contributed by atoms with E-state index in [0.717, 1.165) is 36.9 Å². The number of nitrogens with zero attached hydrogens (tertiary/aromatic N) is 2. The highest BCUT2D eigenvalue weighted by atomic mass is 16.3. The van der Waals surface area contributed by atoms with Gasteiger partial charge in [0.25, 0.3) is 5.91 Å². The summed E-state index contributed by atoms with van der Waals surface area (Å²) >= 11 is 0. The summed E-state index contributed by atoms with van der Waals surface area (Å²) in [7, 11) is 0. The Kier molecular flexibility index (Phi) is 5.60. The van der Waals surface area contributed by atoms with Gasteiger partial charge < -0.3 is 19.2 Å². The van der Waals surface area contributed by atoms with Crippen LogP contribution in [0.25, 0.3) is 11.5 Å². The molecular formula is C27H31N3O3. The lowest BCUT2D eigenvalue weighted by atomic mass is 9.91. The number of carbonyl (C=O) groups is 2. The number of furan rings is 1. The number of amides is 2. The Labute approximate surface area is 194 Å². The molecule has 0 spiro atoms. The van der Waals surface area contributed by atoms with Crippen molar-refractivity contribution in [2.75, 3.05) is 6.54 Å². The van der Waals surface area contributed by atoms with E-state index in [1.54, 1.807) is 11.2 Å². The molecule has 5 rings (SSSR count). The summed E-state index contributed by atoms with van der Waals surface area (Å²) in [6.45, 7) is 4.87. The van der Waals surface area contributed by atoms with Gasteiger partial charge in [-0.1, -0.05) is 50.1 Å². The molecule has 2 amide bonds. The van der Waals surface area contributed by atoms with Crippen molar-refractivity contribution in [3.05, 3.63) is 72.1 Å². The van der Waals surface area contributed by atoms with Crippen molar-refractivity contribution in [3.63, 3.8) is 0 Å². The second-order valence-electron chi connectivity index (χ2n) is 9.62. The van der Waals surface area contributed by atoms with Crippen LogP contribution in [0.2, 0.25) is 0 Å². The Hall–Kier alpha value is -3.28. The van der Waals surface area contributed by atoms with E-state index in [-0.39, 0.29) is 23.8 Å². The maximum absolute atomic E-state index is 13.8. The highest BCUT2D eigenvalue weighted by molar-refractivity contribution is 6.00. The van der Waals surface area contributed by atoms with Crippen molar-refractivity contribution in [3.8, 4) is 11.5 Å². The Balaban J connectivity index is 1.52. The molecule has 1 fully saturated rings. The summed E-state index contributed by atoms with van der Waals surface area (Å²) in [5.41, 5.74) is 1.56. The average molecular weight is 446 g/mol. The number of benzene rings is 1. The molecule has 2 atom stereocenters. The van der Waals surface area contributed by atoms with Gasteiger partial charge in [-0.15, -0.1) is 0 Å². The molecule has 2 aromatic heterocycles. The smallest absolute Gasteiger partial charge is 0.271 e. The second kappa shape index (κ2) is 8.58. The fraction of sp³-hybridized carbons (Fsp3) is 0.407. The molecule has 1 aromatic carbocycles. The van der Waals surface area contributed by atoms with E-state index >= 15 is 0 Å². The minimum absolute atomic E-state index is 0.0762. The molecule has 6 heteroatoms. The standard InChI is InChI=1S/C27H31N3O3/c1-19(20-9-4-3-5-10-20)17-30-25(31)23-15-14-22(24-13-8-16-33-24)29(23)18-27(30,2)26(32)28-21-11-6-7-12-21/h3-5,8-10,13-16,19,21H,6-7,11-12,17-18H2,1-2H3,(H,28,32). The van der Waals surface area contributed by atoms with Crippen LogP contribution in [0.15, 0.2) is 65.3 Å². The van der Waals surface area contributed by atoms with Gasteiger partial charge in [-0.05, 0) is 55.5 Å². The zero-order chi connectivity index (χ0) is 23.0. The Morgan fingerprint density at radius 1 is 1.09 bits per heavy atom. The first kappa shape index (κ1) is 21.6. The molecule has 2 aliphatic rings. The molecular weight excluding hydrogens is 414 g/mol. The van der Waals surface area contributed by atoms with Gasteiger partial charge in [0.05, 0.1) is 18.5 Å². The van der Waals surface area contributed by atoms with Crippen molar-refractivity contribution in [2.24, 2.45) is 0 Å². The molecule has 1 aliphatic heterocycles. The maximum atomic E-state index is 13.8. The Morgan fingerprint density at radius 3 is 2.52 bits per heavy atom. The third-order valence-electron chi connectivity index (χ3n) is 7.28.